The maximum atomic E-state index is 5.24. The van der Waals surface area contributed by atoms with Crippen molar-refractivity contribution in [3.05, 3.63) is 193 Å². The molecule has 2 heteroatoms. The zero-order valence-corrected chi connectivity index (χ0v) is 29.7. The highest BCUT2D eigenvalue weighted by Gasteiger charge is 2.37. The van der Waals surface area contributed by atoms with Crippen LogP contribution in [-0.2, 0) is 5.41 Å². The molecule has 10 rings (SSSR count). The Morgan fingerprint density at radius 3 is 1.70 bits per heavy atom. The van der Waals surface area contributed by atoms with Gasteiger partial charge in [0.1, 0.15) is 0 Å². The molecule has 1 aliphatic rings. The van der Waals surface area contributed by atoms with Crippen molar-refractivity contribution in [3.8, 4) is 67.3 Å². The first-order valence-electron chi connectivity index (χ1n) is 18.3. The summed E-state index contributed by atoms with van der Waals surface area (Å²) >= 11 is 0. The molecule has 8 aromatic carbocycles. The Balaban J connectivity index is 1.11. The number of nitrogens with zero attached hydrogens (tertiary/aromatic N) is 2. The summed E-state index contributed by atoms with van der Waals surface area (Å²) in [6.45, 7) is 4.71. The van der Waals surface area contributed by atoms with Gasteiger partial charge in [-0.25, -0.2) is 9.97 Å². The third kappa shape index (κ3) is 5.18. The highest BCUT2D eigenvalue weighted by atomic mass is 14.9. The number of aromatic nitrogens is 2. The fourth-order valence-electron chi connectivity index (χ4n) is 8.52. The highest BCUT2D eigenvalue weighted by Crippen LogP contribution is 2.52. The average molecular weight is 677 g/mol. The van der Waals surface area contributed by atoms with E-state index in [4.69, 9.17) is 9.97 Å². The largest absolute Gasteiger partial charge is 0.228 e. The third-order valence-corrected chi connectivity index (χ3v) is 11.1. The number of hydrogen-bond donors (Lipinski definition) is 0. The summed E-state index contributed by atoms with van der Waals surface area (Å²) in [5.74, 6) is 0.712. The van der Waals surface area contributed by atoms with Crippen molar-refractivity contribution >= 4 is 21.5 Å². The Hall–Kier alpha value is -6.64. The first-order valence-corrected chi connectivity index (χ1v) is 18.3. The molecular weight excluding hydrogens is 641 g/mol. The van der Waals surface area contributed by atoms with Gasteiger partial charge in [-0.15, -0.1) is 0 Å². The lowest BCUT2D eigenvalue weighted by atomic mass is 9.78. The van der Waals surface area contributed by atoms with Gasteiger partial charge in [-0.1, -0.05) is 178 Å². The summed E-state index contributed by atoms with van der Waals surface area (Å²) in [4.78, 5) is 10.4. The molecular formula is C51H36N2. The standard InChI is InChI=1S/C51H36N2/c1-51(2)45-25-10-9-20-42(45)43-23-13-22-41(49(43)51)38-28-26-37-31-39(29-27-36(37)30-38)46-32-47(53-50(52-46)35-16-7-4-8-17-35)44-24-12-19-34-18-11-21-40(48(34)44)33-14-5-3-6-15-33/h3-32H,1-2H3. The molecule has 1 heterocycles. The number of rotatable bonds is 5. The van der Waals surface area contributed by atoms with Crippen LogP contribution in [0.1, 0.15) is 25.0 Å². The average Bonchev–Trinajstić information content (AvgIpc) is 3.46. The number of fused-ring (bicyclic) bond motifs is 5. The van der Waals surface area contributed by atoms with Crippen LogP contribution in [0.25, 0.3) is 88.8 Å². The second kappa shape index (κ2) is 12.3. The van der Waals surface area contributed by atoms with E-state index < -0.39 is 0 Å². The van der Waals surface area contributed by atoms with Gasteiger partial charge in [-0.2, -0.15) is 0 Å². The number of hydrogen-bond acceptors (Lipinski definition) is 2. The van der Waals surface area contributed by atoms with Crippen LogP contribution in [0.5, 0.6) is 0 Å². The second-order valence-electron chi connectivity index (χ2n) is 14.6. The quantitative estimate of drug-likeness (QED) is 0.181. The molecule has 0 spiro atoms. The van der Waals surface area contributed by atoms with E-state index >= 15 is 0 Å². The van der Waals surface area contributed by atoms with Gasteiger partial charge < -0.3 is 0 Å². The maximum Gasteiger partial charge on any atom is 0.160 e. The first kappa shape index (κ1) is 31.1. The van der Waals surface area contributed by atoms with Crippen LogP contribution in [0.4, 0.5) is 0 Å². The van der Waals surface area contributed by atoms with E-state index in [1.54, 1.807) is 0 Å². The van der Waals surface area contributed by atoms with Crippen LogP contribution in [0.15, 0.2) is 182 Å². The van der Waals surface area contributed by atoms with E-state index in [0.29, 0.717) is 5.82 Å². The summed E-state index contributed by atoms with van der Waals surface area (Å²) in [5, 5.41) is 4.76. The van der Waals surface area contributed by atoms with Gasteiger partial charge in [-0.05, 0) is 84.3 Å². The van der Waals surface area contributed by atoms with Gasteiger partial charge in [0.25, 0.3) is 0 Å². The predicted octanol–water partition coefficient (Wildman–Crippen LogP) is 13.4. The Labute approximate surface area is 310 Å². The molecule has 1 aliphatic carbocycles. The third-order valence-electron chi connectivity index (χ3n) is 11.1. The van der Waals surface area contributed by atoms with E-state index in [-0.39, 0.29) is 5.41 Å². The predicted molar refractivity (Wildman–Crippen MR) is 222 cm³/mol. The second-order valence-corrected chi connectivity index (χ2v) is 14.6. The van der Waals surface area contributed by atoms with Crippen LogP contribution < -0.4 is 0 Å². The van der Waals surface area contributed by atoms with Gasteiger partial charge >= 0.3 is 0 Å². The van der Waals surface area contributed by atoms with E-state index in [2.05, 4.69) is 178 Å². The molecule has 0 N–H and O–H groups in total. The molecule has 0 amide bonds. The van der Waals surface area contributed by atoms with E-state index in [0.717, 1.165) is 28.1 Å². The highest BCUT2D eigenvalue weighted by molar-refractivity contribution is 6.06. The molecule has 0 atom stereocenters. The molecule has 53 heavy (non-hydrogen) atoms. The first-order chi connectivity index (χ1) is 26.0. The zero-order chi connectivity index (χ0) is 35.5. The van der Waals surface area contributed by atoms with Crippen LogP contribution in [-0.4, -0.2) is 9.97 Å². The van der Waals surface area contributed by atoms with Crippen molar-refractivity contribution in [2.24, 2.45) is 0 Å². The smallest absolute Gasteiger partial charge is 0.160 e. The van der Waals surface area contributed by atoms with Crippen LogP contribution in [0.3, 0.4) is 0 Å². The van der Waals surface area contributed by atoms with Crippen molar-refractivity contribution in [3.63, 3.8) is 0 Å². The molecule has 0 saturated carbocycles. The van der Waals surface area contributed by atoms with Gasteiger partial charge in [0.05, 0.1) is 11.4 Å². The molecule has 0 aliphatic heterocycles. The van der Waals surface area contributed by atoms with Crippen molar-refractivity contribution in [2.45, 2.75) is 19.3 Å². The van der Waals surface area contributed by atoms with Gasteiger partial charge in [-0.3, -0.25) is 0 Å². The summed E-state index contributed by atoms with van der Waals surface area (Å²) in [6, 6.07) is 65.4. The van der Waals surface area contributed by atoms with Gasteiger partial charge in [0.2, 0.25) is 0 Å². The van der Waals surface area contributed by atoms with E-state index in [1.165, 1.54) is 66.1 Å². The zero-order valence-electron chi connectivity index (χ0n) is 29.7. The van der Waals surface area contributed by atoms with Crippen molar-refractivity contribution < 1.29 is 0 Å². The lowest BCUT2D eigenvalue weighted by Gasteiger charge is -2.24. The Bertz CT molecular complexity index is 2850. The fourth-order valence-corrected chi connectivity index (χ4v) is 8.52. The Morgan fingerprint density at radius 2 is 0.925 bits per heavy atom. The normalized spacial score (nSPS) is 12.9. The summed E-state index contributed by atoms with van der Waals surface area (Å²) in [5.41, 5.74) is 15.3. The summed E-state index contributed by atoms with van der Waals surface area (Å²) in [6.07, 6.45) is 0. The van der Waals surface area contributed by atoms with Gasteiger partial charge in [0, 0.05) is 22.1 Å². The minimum absolute atomic E-state index is 0.0749. The van der Waals surface area contributed by atoms with E-state index in [1.807, 2.05) is 18.2 Å². The summed E-state index contributed by atoms with van der Waals surface area (Å²) < 4.78 is 0. The fraction of sp³-hybridized carbons (Fsp3) is 0.0588. The maximum absolute atomic E-state index is 5.24. The molecule has 0 unspecified atom stereocenters. The lowest BCUT2D eigenvalue weighted by Crippen LogP contribution is -2.16. The van der Waals surface area contributed by atoms with Crippen LogP contribution in [0.2, 0.25) is 0 Å². The molecule has 9 aromatic rings. The van der Waals surface area contributed by atoms with Crippen LogP contribution in [0, 0.1) is 0 Å². The monoisotopic (exact) mass is 676 g/mol. The topological polar surface area (TPSA) is 25.8 Å². The Kier molecular flexibility index (Phi) is 7.19. The van der Waals surface area contributed by atoms with E-state index in [9.17, 15) is 0 Å². The molecule has 0 radical (unpaired) electrons. The SMILES string of the molecule is CC1(C)c2ccccc2-c2cccc(-c3ccc4cc(-c5cc(-c6cccc7cccc(-c8ccccc8)c67)nc(-c6ccccc6)n5)ccc4c3)c21. The van der Waals surface area contributed by atoms with Crippen molar-refractivity contribution in [1.82, 2.24) is 9.97 Å². The molecule has 0 saturated heterocycles. The van der Waals surface area contributed by atoms with Gasteiger partial charge in [0.15, 0.2) is 5.82 Å². The summed E-state index contributed by atoms with van der Waals surface area (Å²) in [7, 11) is 0. The minimum Gasteiger partial charge on any atom is -0.228 e. The van der Waals surface area contributed by atoms with Crippen LogP contribution >= 0.6 is 0 Å². The lowest BCUT2D eigenvalue weighted by molar-refractivity contribution is 0.662. The van der Waals surface area contributed by atoms with Crippen molar-refractivity contribution in [1.29, 1.82) is 0 Å². The molecule has 2 nitrogen and oxygen atoms in total. The van der Waals surface area contributed by atoms with Crippen molar-refractivity contribution in [2.75, 3.05) is 0 Å². The molecule has 1 aromatic heterocycles. The molecule has 0 fully saturated rings. The minimum atomic E-state index is -0.0749. The number of benzene rings is 8. The Morgan fingerprint density at radius 1 is 0.358 bits per heavy atom. The molecule has 0 bridgehead atoms. The molecule has 250 valence electrons.